The van der Waals surface area contributed by atoms with Gasteiger partial charge in [0.25, 0.3) is 5.91 Å². The average Bonchev–Trinajstić information content (AvgIpc) is 3.36. The van der Waals surface area contributed by atoms with E-state index < -0.39 is 5.97 Å². The van der Waals surface area contributed by atoms with Crippen molar-refractivity contribution in [3.63, 3.8) is 0 Å². The van der Waals surface area contributed by atoms with E-state index in [9.17, 15) is 9.59 Å². The number of fused-ring (bicyclic) bond motifs is 1. The highest BCUT2D eigenvalue weighted by Crippen LogP contribution is 2.32. The lowest BCUT2D eigenvalue weighted by atomic mass is 10.0. The fourth-order valence-electron chi connectivity index (χ4n) is 4.82. The number of aryl methyl sites for hydroxylation is 1. The molecule has 9 nitrogen and oxygen atoms in total. The fraction of sp³-hybridized carbons (Fsp3) is 0.296. The van der Waals surface area contributed by atoms with Crippen molar-refractivity contribution in [3.8, 4) is 11.4 Å². The molecule has 1 amide bonds. The van der Waals surface area contributed by atoms with Crippen molar-refractivity contribution in [1.29, 1.82) is 0 Å². The molecule has 2 aromatic carbocycles. The first-order valence-electron chi connectivity index (χ1n) is 11.9. The van der Waals surface area contributed by atoms with E-state index in [0.29, 0.717) is 11.1 Å². The summed E-state index contributed by atoms with van der Waals surface area (Å²) in [6, 6.07) is 16.8. The molecular weight excluding hydrogens is 456 g/mol. The highest BCUT2D eigenvalue weighted by molar-refractivity contribution is 6.00. The first kappa shape index (κ1) is 23.5. The Hall–Kier alpha value is -4.27. The number of carbonyl (C=O) groups is 2. The van der Waals surface area contributed by atoms with Crippen LogP contribution < -0.4 is 4.90 Å². The Morgan fingerprint density at radius 1 is 0.944 bits per heavy atom. The molecular formula is C27H28N6O3. The smallest absolute Gasteiger partial charge is 0.337 e. The summed E-state index contributed by atoms with van der Waals surface area (Å²) < 4.78 is 6.53. The number of benzene rings is 2. The number of hydrogen-bond donors (Lipinski definition) is 0. The van der Waals surface area contributed by atoms with E-state index in [1.54, 1.807) is 40.0 Å². The van der Waals surface area contributed by atoms with Crippen LogP contribution in [0.15, 0.2) is 60.8 Å². The van der Waals surface area contributed by atoms with Gasteiger partial charge >= 0.3 is 5.97 Å². The number of esters is 1. The van der Waals surface area contributed by atoms with Gasteiger partial charge in [-0.05, 0) is 43.2 Å². The van der Waals surface area contributed by atoms with Crippen LogP contribution in [-0.2, 0) is 11.8 Å². The third kappa shape index (κ3) is 4.28. The summed E-state index contributed by atoms with van der Waals surface area (Å²) in [5, 5.41) is 15.6. The van der Waals surface area contributed by atoms with Crippen molar-refractivity contribution in [1.82, 2.24) is 24.9 Å². The molecule has 0 spiro atoms. The van der Waals surface area contributed by atoms with Gasteiger partial charge < -0.3 is 14.5 Å². The van der Waals surface area contributed by atoms with Crippen molar-refractivity contribution in [2.45, 2.75) is 18.9 Å². The number of piperidine rings is 1. The van der Waals surface area contributed by atoms with Gasteiger partial charge in [0.15, 0.2) is 5.82 Å². The van der Waals surface area contributed by atoms with Gasteiger partial charge in [-0.25, -0.2) is 4.79 Å². The molecule has 1 saturated heterocycles. The van der Waals surface area contributed by atoms with E-state index in [1.165, 1.54) is 7.11 Å². The Morgan fingerprint density at radius 3 is 2.25 bits per heavy atom. The molecule has 1 aliphatic rings. The van der Waals surface area contributed by atoms with Crippen molar-refractivity contribution in [2.24, 2.45) is 7.05 Å². The van der Waals surface area contributed by atoms with E-state index in [1.807, 2.05) is 32.3 Å². The molecule has 4 aromatic rings. The molecule has 5 rings (SSSR count). The van der Waals surface area contributed by atoms with Gasteiger partial charge in [-0.15, -0.1) is 10.2 Å². The van der Waals surface area contributed by atoms with Crippen LogP contribution in [0.25, 0.3) is 22.2 Å². The topological polar surface area (TPSA) is 93.5 Å². The summed E-state index contributed by atoms with van der Waals surface area (Å²) in [4.78, 5) is 28.8. The second-order valence-electron chi connectivity index (χ2n) is 8.96. The number of aromatic nitrogens is 4. The van der Waals surface area contributed by atoms with Crippen LogP contribution in [0.1, 0.15) is 33.6 Å². The largest absolute Gasteiger partial charge is 0.465 e. The minimum absolute atomic E-state index is 0.0596. The van der Waals surface area contributed by atoms with Crippen molar-refractivity contribution >= 4 is 28.5 Å². The van der Waals surface area contributed by atoms with Gasteiger partial charge in [-0.3, -0.25) is 9.48 Å². The van der Waals surface area contributed by atoms with Crippen LogP contribution in [0.3, 0.4) is 0 Å². The number of rotatable bonds is 5. The standard InChI is InChI=1S/C27H28N6O3/c1-31(26(34)18-8-10-19(11-9-18)27(35)36-3)20-13-16-33(17-14-20)25-22-7-5-4-6-21(22)24(29-30-25)23-12-15-28-32(23)2/h4-12,15,20H,13-14,16-17H2,1-3H3. The monoisotopic (exact) mass is 484 g/mol. The summed E-state index contributed by atoms with van der Waals surface area (Å²) in [6.45, 7) is 1.54. The van der Waals surface area contributed by atoms with Crippen molar-refractivity contribution in [3.05, 3.63) is 71.9 Å². The molecule has 9 heteroatoms. The predicted octanol–water partition coefficient (Wildman–Crippen LogP) is 3.56. The average molecular weight is 485 g/mol. The summed E-state index contributed by atoms with van der Waals surface area (Å²) in [5.74, 6) is 0.386. The SMILES string of the molecule is COC(=O)c1ccc(C(=O)N(C)C2CCN(c3nnc(-c4ccnn4C)c4ccccc34)CC2)cc1. The maximum Gasteiger partial charge on any atom is 0.337 e. The molecule has 184 valence electrons. The van der Waals surface area contributed by atoms with Crippen LogP contribution in [0.2, 0.25) is 0 Å². The lowest BCUT2D eigenvalue weighted by Gasteiger charge is -2.37. The molecule has 3 heterocycles. The minimum Gasteiger partial charge on any atom is -0.465 e. The van der Waals surface area contributed by atoms with Crippen LogP contribution in [0.4, 0.5) is 5.82 Å². The molecule has 0 atom stereocenters. The van der Waals surface area contributed by atoms with Crippen LogP contribution in [0, 0.1) is 0 Å². The molecule has 0 saturated carbocycles. The first-order valence-corrected chi connectivity index (χ1v) is 11.9. The van der Waals surface area contributed by atoms with Crippen LogP contribution in [0.5, 0.6) is 0 Å². The van der Waals surface area contributed by atoms with E-state index >= 15 is 0 Å². The Kier molecular flexibility index (Phi) is 6.37. The summed E-state index contributed by atoms with van der Waals surface area (Å²) >= 11 is 0. The molecule has 1 aliphatic heterocycles. The zero-order chi connectivity index (χ0) is 25.2. The van der Waals surface area contributed by atoms with E-state index in [4.69, 9.17) is 4.74 Å². The first-order chi connectivity index (χ1) is 17.5. The third-order valence-electron chi connectivity index (χ3n) is 6.92. The second-order valence-corrected chi connectivity index (χ2v) is 8.96. The zero-order valence-electron chi connectivity index (χ0n) is 20.6. The highest BCUT2D eigenvalue weighted by atomic mass is 16.5. The Morgan fingerprint density at radius 2 is 1.61 bits per heavy atom. The van der Waals surface area contributed by atoms with Gasteiger partial charge in [0.1, 0.15) is 5.69 Å². The summed E-state index contributed by atoms with van der Waals surface area (Å²) in [6.07, 6.45) is 3.40. The Labute approximate surface area is 209 Å². The number of ether oxygens (including phenoxy) is 1. The normalized spacial score (nSPS) is 14.1. The molecule has 36 heavy (non-hydrogen) atoms. The number of carbonyl (C=O) groups excluding carboxylic acids is 2. The molecule has 0 unspecified atom stereocenters. The number of hydrogen-bond acceptors (Lipinski definition) is 7. The lowest BCUT2D eigenvalue weighted by molar-refractivity contribution is 0.0599. The number of nitrogens with zero attached hydrogens (tertiary/aromatic N) is 6. The van der Waals surface area contributed by atoms with Gasteiger partial charge in [0.05, 0.1) is 18.4 Å². The zero-order valence-corrected chi connectivity index (χ0v) is 20.6. The summed E-state index contributed by atoms with van der Waals surface area (Å²) in [7, 11) is 5.08. The Balaban J connectivity index is 1.31. The third-order valence-corrected chi connectivity index (χ3v) is 6.92. The van der Waals surface area contributed by atoms with Gasteiger partial charge in [0, 0.05) is 55.8 Å². The molecule has 0 N–H and O–H groups in total. The molecule has 1 fully saturated rings. The maximum atomic E-state index is 13.1. The molecule has 0 bridgehead atoms. The van der Waals surface area contributed by atoms with E-state index in [-0.39, 0.29) is 11.9 Å². The van der Waals surface area contributed by atoms with Crippen LogP contribution >= 0.6 is 0 Å². The second kappa shape index (κ2) is 9.77. The van der Waals surface area contributed by atoms with E-state index in [0.717, 1.165) is 53.9 Å². The lowest BCUT2D eigenvalue weighted by Crippen LogP contribution is -2.46. The maximum absolute atomic E-state index is 13.1. The molecule has 2 aromatic heterocycles. The van der Waals surface area contributed by atoms with Gasteiger partial charge in [-0.2, -0.15) is 5.10 Å². The summed E-state index contributed by atoms with van der Waals surface area (Å²) in [5.41, 5.74) is 2.71. The Bertz CT molecular complexity index is 1410. The number of anilines is 1. The quantitative estimate of drug-likeness (QED) is 0.400. The van der Waals surface area contributed by atoms with Crippen molar-refractivity contribution in [2.75, 3.05) is 32.1 Å². The molecule has 0 aliphatic carbocycles. The fourth-order valence-corrected chi connectivity index (χ4v) is 4.82. The van der Waals surface area contributed by atoms with E-state index in [2.05, 4.69) is 32.3 Å². The number of amides is 1. The highest BCUT2D eigenvalue weighted by Gasteiger charge is 2.28. The minimum atomic E-state index is -0.418. The van der Waals surface area contributed by atoms with Crippen LogP contribution in [-0.4, -0.2) is 70.0 Å². The van der Waals surface area contributed by atoms with Gasteiger partial charge in [-0.1, -0.05) is 24.3 Å². The predicted molar refractivity (Wildman–Crippen MR) is 137 cm³/mol. The molecule has 0 radical (unpaired) electrons. The van der Waals surface area contributed by atoms with Crippen molar-refractivity contribution < 1.29 is 14.3 Å². The number of methoxy groups -OCH3 is 1. The van der Waals surface area contributed by atoms with Gasteiger partial charge in [0.2, 0.25) is 0 Å².